The van der Waals surface area contributed by atoms with E-state index >= 15 is 0 Å². The molecule has 3 aromatic rings. The van der Waals surface area contributed by atoms with Crippen molar-refractivity contribution in [3.63, 3.8) is 0 Å². The van der Waals surface area contributed by atoms with Crippen molar-refractivity contribution in [2.75, 3.05) is 33.3 Å². The molecule has 4 rings (SSSR count). The van der Waals surface area contributed by atoms with E-state index in [-0.39, 0.29) is 11.8 Å². The maximum atomic E-state index is 13.4. The highest BCUT2D eigenvalue weighted by molar-refractivity contribution is 6.32. The van der Waals surface area contributed by atoms with Gasteiger partial charge in [0.05, 0.1) is 23.5 Å². The summed E-state index contributed by atoms with van der Waals surface area (Å²) in [7, 11) is 1.61. The van der Waals surface area contributed by atoms with Gasteiger partial charge in [-0.25, -0.2) is 4.68 Å². The minimum Gasteiger partial charge on any atom is -0.497 e. The molecule has 1 aliphatic rings. The molecule has 2 heterocycles. The van der Waals surface area contributed by atoms with Gasteiger partial charge in [-0.05, 0) is 42.5 Å². The van der Waals surface area contributed by atoms with Crippen molar-refractivity contribution < 1.29 is 14.3 Å². The van der Waals surface area contributed by atoms with Crippen molar-refractivity contribution in [2.24, 2.45) is 0 Å². The van der Waals surface area contributed by atoms with E-state index in [1.54, 1.807) is 40.6 Å². The highest BCUT2D eigenvalue weighted by Gasteiger charge is 2.27. The van der Waals surface area contributed by atoms with Crippen LogP contribution in [0.25, 0.3) is 16.9 Å². The molecule has 0 aliphatic carbocycles. The summed E-state index contributed by atoms with van der Waals surface area (Å²) >= 11 is 6.42. The van der Waals surface area contributed by atoms with E-state index in [2.05, 4.69) is 0 Å². The van der Waals surface area contributed by atoms with E-state index in [0.29, 0.717) is 48.3 Å². The lowest BCUT2D eigenvalue weighted by atomic mass is 10.1. The predicted molar refractivity (Wildman–Crippen MR) is 119 cm³/mol. The number of hydrogen-bond donors (Lipinski definition) is 0. The van der Waals surface area contributed by atoms with Gasteiger partial charge in [-0.3, -0.25) is 9.59 Å². The predicted octanol–water partition coefficient (Wildman–Crippen LogP) is 3.51. The van der Waals surface area contributed by atoms with Crippen molar-refractivity contribution in [3.8, 4) is 22.7 Å². The number of nitrogens with zero attached hydrogens (tertiary/aromatic N) is 4. The summed E-state index contributed by atoms with van der Waals surface area (Å²) in [5.74, 6) is 0.624. The SMILES string of the molecule is COc1ccc(-c2cc(C(=O)N3CCN(C(C)=O)CC3)n(-c3ccccc3Cl)n2)cc1. The van der Waals surface area contributed by atoms with Crippen molar-refractivity contribution in [3.05, 3.63) is 65.3 Å². The number of rotatable bonds is 4. The Balaban J connectivity index is 1.71. The molecule has 160 valence electrons. The van der Waals surface area contributed by atoms with E-state index in [1.165, 1.54) is 0 Å². The number of piperazine rings is 1. The minimum atomic E-state index is -0.143. The smallest absolute Gasteiger partial charge is 0.272 e. The fourth-order valence-corrected chi connectivity index (χ4v) is 3.85. The number of carbonyl (C=O) groups excluding carboxylic acids is 2. The number of methoxy groups -OCH3 is 1. The van der Waals surface area contributed by atoms with Crippen LogP contribution >= 0.6 is 11.6 Å². The van der Waals surface area contributed by atoms with Crippen LogP contribution in [0.5, 0.6) is 5.75 Å². The minimum absolute atomic E-state index is 0.0231. The lowest BCUT2D eigenvalue weighted by Gasteiger charge is -2.34. The van der Waals surface area contributed by atoms with Crippen LogP contribution in [0.3, 0.4) is 0 Å². The van der Waals surface area contributed by atoms with Gasteiger partial charge in [0.25, 0.3) is 5.91 Å². The standard InChI is InChI=1S/C23H23ClN4O3/c1-16(29)26-11-13-27(14-12-26)23(30)22-15-20(17-7-9-18(31-2)10-8-17)25-28(22)21-6-4-3-5-19(21)24/h3-10,15H,11-14H2,1-2H3. The van der Waals surface area contributed by atoms with E-state index in [9.17, 15) is 9.59 Å². The summed E-state index contributed by atoms with van der Waals surface area (Å²) in [6.07, 6.45) is 0. The molecule has 0 N–H and O–H groups in total. The van der Waals surface area contributed by atoms with Gasteiger partial charge < -0.3 is 14.5 Å². The molecule has 1 aliphatic heterocycles. The Morgan fingerprint density at radius 3 is 2.23 bits per heavy atom. The molecule has 31 heavy (non-hydrogen) atoms. The second kappa shape index (κ2) is 8.81. The molecule has 2 aromatic carbocycles. The molecule has 2 amide bonds. The lowest BCUT2D eigenvalue weighted by Crippen LogP contribution is -2.50. The zero-order chi connectivity index (χ0) is 22.0. The quantitative estimate of drug-likeness (QED) is 0.625. The summed E-state index contributed by atoms with van der Waals surface area (Å²) in [6.45, 7) is 3.54. The molecule has 1 fully saturated rings. The third-order valence-electron chi connectivity index (χ3n) is 5.41. The van der Waals surface area contributed by atoms with Crippen molar-refractivity contribution in [1.29, 1.82) is 0 Å². The van der Waals surface area contributed by atoms with Gasteiger partial charge in [-0.1, -0.05) is 23.7 Å². The number of carbonyl (C=O) groups is 2. The van der Waals surface area contributed by atoms with Gasteiger partial charge in [-0.2, -0.15) is 5.10 Å². The number of hydrogen-bond acceptors (Lipinski definition) is 4. The lowest BCUT2D eigenvalue weighted by molar-refractivity contribution is -0.130. The maximum absolute atomic E-state index is 13.4. The van der Waals surface area contributed by atoms with Crippen molar-refractivity contribution in [1.82, 2.24) is 19.6 Å². The van der Waals surface area contributed by atoms with Crippen LogP contribution in [0.15, 0.2) is 54.6 Å². The molecule has 7 nitrogen and oxygen atoms in total. The van der Waals surface area contributed by atoms with Gasteiger partial charge in [0.15, 0.2) is 0 Å². The van der Waals surface area contributed by atoms with Crippen molar-refractivity contribution in [2.45, 2.75) is 6.92 Å². The van der Waals surface area contributed by atoms with Crippen molar-refractivity contribution >= 4 is 23.4 Å². The Bertz CT molecular complexity index is 1100. The topological polar surface area (TPSA) is 67.7 Å². The molecule has 0 spiro atoms. The van der Waals surface area contributed by atoms with Gasteiger partial charge in [0.1, 0.15) is 11.4 Å². The largest absolute Gasteiger partial charge is 0.497 e. The molecule has 0 radical (unpaired) electrons. The van der Waals surface area contributed by atoms with Crippen LogP contribution in [0, 0.1) is 0 Å². The zero-order valence-electron chi connectivity index (χ0n) is 17.4. The maximum Gasteiger partial charge on any atom is 0.272 e. The van der Waals surface area contributed by atoms with Crippen LogP contribution in [-0.4, -0.2) is 64.7 Å². The Kier molecular flexibility index (Phi) is 5.95. The van der Waals surface area contributed by atoms with E-state index < -0.39 is 0 Å². The normalized spacial score (nSPS) is 13.9. The van der Waals surface area contributed by atoms with Crippen LogP contribution in [-0.2, 0) is 4.79 Å². The number of benzene rings is 2. The van der Waals surface area contributed by atoms with Crippen LogP contribution < -0.4 is 4.74 Å². The fourth-order valence-electron chi connectivity index (χ4n) is 3.63. The molecule has 0 unspecified atom stereocenters. The molecule has 1 aromatic heterocycles. The average molecular weight is 439 g/mol. The Morgan fingerprint density at radius 2 is 1.61 bits per heavy atom. The van der Waals surface area contributed by atoms with Crippen LogP contribution in [0.2, 0.25) is 5.02 Å². The molecular formula is C23H23ClN4O3. The second-order valence-corrected chi connectivity index (χ2v) is 7.71. The average Bonchev–Trinajstić information content (AvgIpc) is 3.24. The summed E-state index contributed by atoms with van der Waals surface area (Å²) in [5.41, 5.74) is 2.58. The van der Waals surface area contributed by atoms with E-state index in [0.717, 1.165) is 11.3 Å². The first-order valence-electron chi connectivity index (χ1n) is 10.0. The first-order chi connectivity index (χ1) is 15.0. The third-order valence-corrected chi connectivity index (χ3v) is 5.73. The Labute approximate surface area is 185 Å². The fraction of sp³-hybridized carbons (Fsp3) is 0.261. The Hall–Kier alpha value is -3.32. The zero-order valence-corrected chi connectivity index (χ0v) is 18.2. The molecule has 8 heteroatoms. The third kappa shape index (κ3) is 4.27. The summed E-state index contributed by atoms with van der Waals surface area (Å²) in [4.78, 5) is 28.5. The highest BCUT2D eigenvalue weighted by atomic mass is 35.5. The number of ether oxygens (including phenoxy) is 1. The Morgan fingerprint density at radius 1 is 0.968 bits per heavy atom. The number of aromatic nitrogens is 2. The van der Waals surface area contributed by atoms with E-state index in [4.69, 9.17) is 21.4 Å². The number of halogens is 1. The number of amides is 2. The summed E-state index contributed by atoms with van der Waals surface area (Å²) in [5, 5.41) is 5.21. The first kappa shape index (κ1) is 20.9. The monoisotopic (exact) mass is 438 g/mol. The molecule has 1 saturated heterocycles. The molecule has 0 atom stereocenters. The number of para-hydroxylation sites is 1. The van der Waals surface area contributed by atoms with Gasteiger partial charge in [-0.15, -0.1) is 0 Å². The van der Waals surface area contributed by atoms with Crippen LogP contribution in [0.1, 0.15) is 17.4 Å². The van der Waals surface area contributed by atoms with Gasteiger partial charge in [0.2, 0.25) is 5.91 Å². The summed E-state index contributed by atoms with van der Waals surface area (Å²) < 4.78 is 6.83. The van der Waals surface area contributed by atoms with Gasteiger partial charge in [0, 0.05) is 38.7 Å². The second-order valence-electron chi connectivity index (χ2n) is 7.30. The van der Waals surface area contributed by atoms with Crippen LogP contribution in [0.4, 0.5) is 0 Å². The molecular weight excluding hydrogens is 416 g/mol. The highest BCUT2D eigenvalue weighted by Crippen LogP contribution is 2.27. The van der Waals surface area contributed by atoms with Gasteiger partial charge >= 0.3 is 0 Å². The molecule has 0 saturated carbocycles. The molecule has 0 bridgehead atoms. The summed E-state index contributed by atoms with van der Waals surface area (Å²) in [6, 6.07) is 16.6. The first-order valence-corrected chi connectivity index (χ1v) is 10.4. The van der Waals surface area contributed by atoms with E-state index in [1.807, 2.05) is 42.5 Å².